The molecule has 1 aliphatic heterocycles. The van der Waals surface area contributed by atoms with E-state index in [0.29, 0.717) is 11.4 Å². The Morgan fingerprint density at radius 3 is 2.73 bits per heavy atom. The van der Waals surface area contributed by atoms with Crippen LogP contribution in [0.25, 0.3) is 20.7 Å². The number of nitrogens with one attached hydrogen (secondary N) is 2. The van der Waals surface area contributed by atoms with Crippen molar-refractivity contribution in [1.82, 2.24) is 25.7 Å². The zero-order chi connectivity index (χ0) is 21.3. The van der Waals surface area contributed by atoms with E-state index in [-0.39, 0.29) is 5.75 Å². The Kier molecular flexibility index (Phi) is 5.44. The van der Waals surface area contributed by atoms with Crippen molar-refractivity contribution in [3.8, 4) is 10.4 Å². The zero-order valence-electron chi connectivity index (χ0n) is 16.3. The first kappa shape index (κ1) is 20.3. The van der Waals surface area contributed by atoms with Crippen molar-refractivity contribution in [2.24, 2.45) is 0 Å². The summed E-state index contributed by atoms with van der Waals surface area (Å²) in [4.78, 5) is 47.3. The predicted molar refractivity (Wildman–Crippen MR) is 116 cm³/mol. The van der Waals surface area contributed by atoms with E-state index < -0.39 is 23.4 Å². The number of aromatic nitrogens is 2. The summed E-state index contributed by atoms with van der Waals surface area (Å²) in [6.45, 7) is 3.43. The minimum atomic E-state index is -0.999. The average molecular weight is 442 g/mol. The highest BCUT2D eigenvalue weighted by atomic mass is 32.2. The molecule has 8 nitrogen and oxygen atoms in total. The summed E-state index contributed by atoms with van der Waals surface area (Å²) in [6, 6.07) is 11.4. The summed E-state index contributed by atoms with van der Waals surface area (Å²) in [5.41, 5.74) is 2.48. The monoisotopic (exact) mass is 441 g/mol. The summed E-state index contributed by atoms with van der Waals surface area (Å²) in [7, 11) is 0. The van der Waals surface area contributed by atoms with E-state index >= 15 is 0 Å². The second kappa shape index (κ2) is 8.04. The Morgan fingerprint density at radius 1 is 1.27 bits per heavy atom. The third-order valence-corrected chi connectivity index (χ3v) is 6.99. The normalized spacial score (nSPS) is 18.7. The number of rotatable bonds is 6. The molecule has 1 fully saturated rings. The zero-order valence-corrected chi connectivity index (χ0v) is 18.0. The van der Waals surface area contributed by atoms with Gasteiger partial charge in [-0.1, -0.05) is 49.0 Å². The van der Waals surface area contributed by atoms with Gasteiger partial charge >= 0.3 is 6.03 Å². The van der Waals surface area contributed by atoms with Gasteiger partial charge < -0.3 is 5.32 Å². The molecule has 3 aromatic rings. The van der Waals surface area contributed by atoms with Crippen LogP contribution in [0.1, 0.15) is 20.3 Å². The highest BCUT2D eigenvalue weighted by Gasteiger charge is 2.47. The van der Waals surface area contributed by atoms with Gasteiger partial charge in [-0.05, 0) is 25.0 Å². The van der Waals surface area contributed by atoms with Gasteiger partial charge in [0.1, 0.15) is 21.7 Å². The molecule has 0 aliphatic carbocycles. The highest BCUT2D eigenvalue weighted by Crippen LogP contribution is 2.36. The van der Waals surface area contributed by atoms with E-state index in [0.717, 1.165) is 25.7 Å². The number of hydrogen-bond acceptors (Lipinski definition) is 7. The standard InChI is InChI=1S/C20H19N5O3S2/c1-3-20(2)18(27)25(19(28)23-20)24-15(26)10-29-16-13-9-14(12-7-5-4-6-8-12)30-17(13)22-11-21-16/h4-9,11H,3,10H2,1-2H3,(H,23,28)(H,24,26)/t20-/m0/s1. The van der Waals surface area contributed by atoms with Crippen LogP contribution in [-0.4, -0.2) is 44.1 Å². The van der Waals surface area contributed by atoms with Crippen molar-refractivity contribution in [1.29, 1.82) is 0 Å². The lowest BCUT2D eigenvalue weighted by Crippen LogP contribution is -2.49. The van der Waals surface area contributed by atoms with E-state index in [2.05, 4.69) is 20.7 Å². The van der Waals surface area contributed by atoms with Crippen LogP contribution in [0.4, 0.5) is 4.79 Å². The molecule has 1 atom stereocenters. The number of nitrogens with zero attached hydrogens (tertiary/aromatic N) is 3. The van der Waals surface area contributed by atoms with Crippen molar-refractivity contribution in [3.05, 3.63) is 42.7 Å². The van der Waals surface area contributed by atoms with Gasteiger partial charge in [0.15, 0.2) is 0 Å². The number of hydrogen-bond donors (Lipinski definition) is 2. The Balaban J connectivity index is 1.46. The molecule has 10 heteroatoms. The third kappa shape index (κ3) is 3.75. The Hall–Kier alpha value is -2.98. The molecule has 0 radical (unpaired) electrons. The molecule has 2 aromatic heterocycles. The number of carbonyl (C=O) groups excluding carboxylic acids is 3. The first-order chi connectivity index (χ1) is 14.4. The van der Waals surface area contributed by atoms with Crippen molar-refractivity contribution >= 4 is 51.2 Å². The van der Waals surface area contributed by atoms with Gasteiger partial charge in [0.2, 0.25) is 5.91 Å². The van der Waals surface area contributed by atoms with Gasteiger partial charge in [-0.15, -0.1) is 11.3 Å². The molecule has 2 N–H and O–H groups in total. The lowest BCUT2D eigenvalue weighted by Gasteiger charge is -2.19. The second-order valence-electron chi connectivity index (χ2n) is 6.95. The summed E-state index contributed by atoms with van der Waals surface area (Å²) in [6.07, 6.45) is 1.90. The van der Waals surface area contributed by atoms with Crippen molar-refractivity contribution in [2.75, 3.05) is 5.75 Å². The van der Waals surface area contributed by atoms with Crippen LogP contribution in [0.15, 0.2) is 47.8 Å². The first-order valence-electron chi connectivity index (χ1n) is 9.30. The molecule has 4 amide bonds. The number of hydrazine groups is 1. The molecule has 1 aliphatic rings. The lowest BCUT2D eigenvalue weighted by molar-refractivity contribution is -0.137. The smallest absolute Gasteiger partial charge is 0.322 e. The third-order valence-electron chi connectivity index (χ3n) is 4.90. The molecule has 0 unspecified atom stereocenters. The molecule has 4 rings (SSSR count). The van der Waals surface area contributed by atoms with Crippen LogP contribution in [0.2, 0.25) is 0 Å². The number of thioether (sulfide) groups is 1. The molecule has 1 saturated heterocycles. The molecule has 3 heterocycles. The predicted octanol–water partition coefficient (Wildman–Crippen LogP) is 3.20. The Bertz CT molecular complexity index is 1130. The van der Waals surface area contributed by atoms with Crippen LogP contribution < -0.4 is 10.7 Å². The SMILES string of the molecule is CC[C@]1(C)NC(=O)N(NC(=O)CSc2ncnc3sc(-c4ccccc4)cc23)C1=O. The molecule has 0 bridgehead atoms. The summed E-state index contributed by atoms with van der Waals surface area (Å²) >= 11 is 2.79. The molecular weight excluding hydrogens is 422 g/mol. The maximum Gasteiger partial charge on any atom is 0.344 e. The fourth-order valence-electron chi connectivity index (χ4n) is 3.01. The number of imide groups is 1. The first-order valence-corrected chi connectivity index (χ1v) is 11.1. The van der Waals surface area contributed by atoms with Crippen molar-refractivity contribution < 1.29 is 14.4 Å². The minimum absolute atomic E-state index is 0.00251. The average Bonchev–Trinajstić information content (AvgIpc) is 3.28. The van der Waals surface area contributed by atoms with Crippen LogP contribution in [0.5, 0.6) is 0 Å². The van der Waals surface area contributed by atoms with Crippen molar-refractivity contribution in [2.45, 2.75) is 30.8 Å². The topological polar surface area (TPSA) is 104 Å². The highest BCUT2D eigenvalue weighted by molar-refractivity contribution is 8.00. The Morgan fingerprint density at radius 2 is 2.03 bits per heavy atom. The quantitative estimate of drug-likeness (QED) is 0.346. The van der Waals surface area contributed by atoms with Gasteiger partial charge in [-0.25, -0.2) is 14.8 Å². The Labute approximate surface area is 181 Å². The van der Waals surface area contributed by atoms with E-state index in [4.69, 9.17) is 0 Å². The fraction of sp³-hybridized carbons (Fsp3) is 0.250. The van der Waals surface area contributed by atoms with Gasteiger partial charge in [-0.3, -0.25) is 15.0 Å². The fourth-order valence-corrected chi connectivity index (χ4v) is 4.84. The summed E-state index contributed by atoms with van der Waals surface area (Å²) < 4.78 is 0. The van der Waals surface area contributed by atoms with Crippen LogP contribution in [-0.2, 0) is 9.59 Å². The van der Waals surface area contributed by atoms with E-state index in [1.165, 1.54) is 18.1 Å². The van der Waals surface area contributed by atoms with Gasteiger partial charge in [-0.2, -0.15) is 5.01 Å². The number of urea groups is 1. The number of thiophene rings is 1. The molecule has 0 saturated carbocycles. The molecule has 30 heavy (non-hydrogen) atoms. The number of carbonyl (C=O) groups is 3. The molecule has 1 aromatic carbocycles. The van der Waals surface area contributed by atoms with Crippen molar-refractivity contribution in [3.63, 3.8) is 0 Å². The summed E-state index contributed by atoms with van der Waals surface area (Å²) in [5, 5.41) is 4.89. The maximum absolute atomic E-state index is 12.4. The summed E-state index contributed by atoms with van der Waals surface area (Å²) in [5.74, 6) is -0.931. The number of benzene rings is 1. The van der Waals surface area contributed by atoms with Gasteiger partial charge in [0, 0.05) is 10.3 Å². The largest absolute Gasteiger partial charge is 0.344 e. The van der Waals surface area contributed by atoms with Crippen LogP contribution in [0, 0.1) is 0 Å². The van der Waals surface area contributed by atoms with E-state index in [9.17, 15) is 14.4 Å². The molecule has 0 spiro atoms. The van der Waals surface area contributed by atoms with Gasteiger partial charge in [0.25, 0.3) is 5.91 Å². The van der Waals surface area contributed by atoms with Crippen LogP contribution in [0.3, 0.4) is 0 Å². The van der Waals surface area contributed by atoms with E-state index in [1.54, 1.807) is 25.2 Å². The van der Waals surface area contributed by atoms with E-state index in [1.807, 2.05) is 36.4 Å². The van der Waals surface area contributed by atoms with Crippen LogP contribution >= 0.6 is 23.1 Å². The number of amides is 4. The lowest BCUT2D eigenvalue weighted by atomic mass is 10.00. The van der Waals surface area contributed by atoms with Gasteiger partial charge in [0.05, 0.1) is 5.75 Å². The molecular formula is C20H19N5O3S2. The maximum atomic E-state index is 12.4. The minimum Gasteiger partial charge on any atom is -0.322 e. The second-order valence-corrected chi connectivity index (χ2v) is 8.95. The molecule has 154 valence electrons. The number of fused-ring (bicyclic) bond motifs is 1.